The predicted molar refractivity (Wildman–Crippen MR) is 121 cm³/mol. The van der Waals surface area contributed by atoms with Crippen molar-refractivity contribution in [2.75, 3.05) is 32.1 Å². The summed E-state index contributed by atoms with van der Waals surface area (Å²) in [6, 6.07) is 7.97. The molecule has 1 amide bonds. The van der Waals surface area contributed by atoms with Gasteiger partial charge >= 0.3 is 0 Å². The average Bonchev–Trinajstić information content (AvgIpc) is 3.26. The first-order valence-corrected chi connectivity index (χ1v) is 10.6. The van der Waals surface area contributed by atoms with Gasteiger partial charge in [-0.15, -0.1) is 0 Å². The number of aromatic nitrogens is 3. The second kappa shape index (κ2) is 8.85. The molecule has 0 spiro atoms. The van der Waals surface area contributed by atoms with Gasteiger partial charge in [-0.2, -0.15) is 0 Å². The zero-order valence-corrected chi connectivity index (χ0v) is 18.2. The molecule has 0 aromatic carbocycles. The molecule has 1 unspecified atom stereocenters. The molecule has 31 heavy (non-hydrogen) atoms. The predicted octanol–water partition coefficient (Wildman–Crippen LogP) is 1.95. The molecule has 1 fully saturated rings. The molecule has 0 radical (unpaired) electrons. The number of pyridine rings is 3. The maximum absolute atomic E-state index is 12.1. The highest BCUT2D eigenvalue weighted by Gasteiger charge is 2.26. The Labute approximate surface area is 181 Å². The monoisotopic (exact) mass is 420 g/mol. The summed E-state index contributed by atoms with van der Waals surface area (Å²) in [6.45, 7) is 4.68. The minimum atomic E-state index is -0.183. The molecule has 8 heteroatoms. The molecule has 1 saturated heterocycles. The number of nitrogens with zero attached hydrogens (tertiary/aromatic N) is 4. The van der Waals surface area contributed by atoms with E-state index in [0.717, 1.165) is 53.9 Å². The molecular formula is C23H28N6O2. The Balaban J connectivity index is 1.41. The number of carbonyl (C=O) groups is 1. The summed E-state index contributed by atoms with van der Waals surface area (Å²) in [5.41, 5.74) is 4.84. The summed E-state index contributed by atoms with van der Waals surface area (Å²) >= 11 is 0. The number of aryl methyl sites for hydroxylation is 1. The first-order valence-electron chi connectivity index (χ1n) is 10.6. The quantitative estimate of drug-likeness (QED) is 0.633. The molecule has 8 nitrogen and oxygen atoms in total. The first kappa shape index (κ1) is 21.0. The van der Waals surface area contributed by atoms with Crippen LogP contribution in [0.4, 0.5) is 5.69 Å². The van der Waals surface area contributed by atoms with Crippen molar-refractivity contribution in [1.82, 2.24) is 25.2 Å². The van der Waals surface area contributed by atoms with Crippen molar-refractivity contribution in [2.24, 2.45) is 0 Å². The van der Waals surface area contributed by atoms with Crippen LogP contribution in [0.1, 0.15) is 35.0 Å². The molecule has 4 heterocycles. The Hall–Kier alpha value is -3.26. The van der Waals surface area contributed by atoms with E-state index in [1.807, 2.05) is 31.3 Å². The molecule has 162 valence electrons. The van der Waals surface area contributed by atoms with Crippen LogP contribution >= 0.6 is 0 Å². The number of likely N-dealkylation sites (N-methyl/N-ethyl adjacent to an activating group) is 1. The van der Waals surface area contributed by atoms with Crippen LogP contribution in [0.5, 0.6) is 0 Å². The fraction of sp³-hybridized carbons (Fsp3) is 0.391. The summed E-state index contributed by atoms with van der Waals surface area (Å²) in [6.07, 6.45) is 5.40. The summed E-state index contributed by atoms with van der Waals surface area (Å²) < 4.78 is 0. The highest BCUT2D eigenvalue weighted by atomic mass is 16.1. The minimum absolute atomic E-state index is 0.0344. The molecule has 4 rings (SSSR count). The van der Waals surface area contributed by atoms with Crippen LogP contribution in [0.15, 0.2) is 41.5 Å². The van der Waals surface area contributed by atoms with Crippen LogP contribution in [-0.2, 0) is 13.0 Å². The highest BCUT2D eigenvalue weighted by molar-refractivity contribution is 5.92. The van der Waals surface area contributed by atoms with Crippen molar-refractivity contribution < 1.29 is 4.79 Å². The van der Waals surface area contributed by atoms with Gasteiger partial charge in [-0.1, -0.05) is 6.92 Å². The van der Waals surface area contributed by atoms with Crippen LogP contribution < -0.4 is 15.8 Å². The zero-order valence-electron chi connectivity index (χ0n) is 18.2. The van der Waals surface area contributed by atoms with Gasteiger partial charge in [0.25, 0.3) is 11.5 Å². The average molecular weight is 421 g/mol. The van der Waals surface area contributed by atoms with Crippen molar-refractivity contribution >= 4 is 22.6 Å². The molecule has 0 bridgehead atoms. The van der Waals surface area contributed by atoms with Gasteiger partial charge in [-0.25, -0.2) is 4.98 Å². The Morgan fingerprint density at radius 3 is 2.84 bits per heavy atom. The lowest BCUT2D eigenvalue weighted by Crippen LogP contribution is -2.34. The molecule has 1 aliphatic rings. The molecule has 1 aliphatic heterocycles. The van der Waals surface area contributed by atoms with Crippen LogP contribution in [0.2, 0.25) is 0 Å². The molecule has 3 aromatic heterocycles. The molecule has 1 atom stereocenters. The fourth-order valence-corrected chi connectivity index (χ4v) is 4.11. The number of carbonyl (C=O) groups excluding carboxylic acids is 1. The van der Waals surface area contributed by atoms with Crippen LogP contribution in [0.25, 0.3) is 11.0 Å². The van der Waals surface area contributed by atoms with E-state index in [1.165, 1.54) is 0 Å². The van der Waals surface area contributed by atoms with Gasteiger partial charge in [-0.05, 0) is 42.7 Å². The smallest absolute Gasteiger partial charge is 0.269 e. The number of hydrogen-bond donors (Lipinski definition) is 2. The SMILES string of the molecule is CCc1cc2ncc(CN3CCC(N(C)c4ccc(C(=O)NC)nc4)C3)cc2[nH]c1=O. The lowest BCUT2D eigenvalue weighted by atomic mass is 10.1. The lowest BCUT2D eigenvalue weighted by molar-refractivity contribution is 0.0958. The third-order valence-electron chi connectivity index (χ3n) is 6.02. The van der Waals surface area contributed by atoms with Crippen molar-refractivity contribution in [3.63, 3.8) is 0 Å². The van der Waals surface area contributed by atoms with Gasteiger partial charge in [0.05, 0.1) is 22.9 Å². The van der Waals surface area contributed by atoms with Gasteiger partial charge in [-0.3, -0.25) is 19.5 Å². The lowest BCUT2D eigenvalue weighted by Gasteiger charge is -2.27. The van der Waals surface area contributed by atoms with E-state index in [4.69, 9.17) is 0 Å². The maximum Gasteiger partial charge on any atom is 0.269 e. The first-order chi connectivity index (χ1) is 15.0. The Kier molecular flexibility index (Phi) is 5.99. The summed E-state index contributed by atoms with van der Waals surface area (Å²) in [5.74, 6) is -0.183. The van der Waals surface area contributed by atoms with Gasteiger partial charge < -0.3 is 15.2 Å². The van der Waals surface area contributed by atoms with E-state index < -0.39 is 0 Å². The number of fused-ring (bicyclic) bond motifs is 1. The Morgan fingerprint density at radius 2 is 2.13 bits per heavy atom. The van der Waals surface area contributed by atoms with Crippen molar-refractivity contribution in [1.29, 1.82) is 0 Å². The van der Waals surface area contributed by atoms with Crippen molar-refractivity contribution in [2.45, 2.75) is 32.4 Å². The minimum Gasteiger partial charge on any atom is -0.369 e. The van der Waals surface area contributed by atoms with Crippen molar-refractivity contribution in [3.8, 4) is 0 Å². The Morgan fingerprint density at radius 1 is 1.29 bits per heavy atom. The fourth-order valence-electron chi connectivity index (χ4n) is 4.11. The van der Waals surface area contributed by atoms with E-state index >= 15 is 0 Å². The van der Waals surface area contributed by atoms with Crippen LogP contribution in [0, 0.1) is 0 Å². The Bertz CT molecular complexity index is 1140. The van der Waals surface area contributed by atoms with E-state index in [2.05, 4.69) is 37.1 Å². The topological polar surface area (TPSA) is 94.2 Å². The van der Waals surface area contributed by atoms with Crippen LogP contribution in [0.3, 0.4) is 0 Å². The van der Waals surface area contributed by atoms with Gasteiger partial charge in [0.1, 0.15) is 5.69 Å². The van der Waals surface area contributed by atoms with Gasteiger partial charge in [0, 0.05) is 51.5 Å². The normalized spacial score (nSPS) is 16.5. The second-order valence-corrected chi connectivity index (χ2v) is 8.02. The number of amides is 1. The molecule has 3 aromatic rings. The largest absolute Gasteiger partial charge is 0.369 e. The molecule has 0 aliphatic carbocycles. The third-order valence-corrected chi connectivity index (χ3v) is 6.02. The summed E-state index contributed by atoms with van der Waals surface area (Å²) in [4.78, 5) is 40.2. The number of nitrogens with one attached hydrogen (secondary N) is 2. The standard InChI is InChI=1S/C23H28N6O2/c1-4-16-10-20-21(27-22(16)30)9-15(11-25-20)13-29-8-7-18(14-29)28(3)17-5-6-19(26-12-17)23(31)24-2/h5-6,9-12,18H,4,7-8,13-14H2,1-3H3,(H,24,31)(H,27,30). The number of aromatic amines is 1. The number of H-pyrrole nitrogens is 1. The van der Waals surface area contributed by atoms with E-state index in [-0.39, 0.29) is 11.5 Å². The zero-order chi connectivity index (χ0) is 22.0. The molecular weight excluding hydrogens is 392 g/mol. The highest BCUT2D eigenvalue weighted by Crippen LogP contribution is 2.23. The summed E-state index contributed by atoms with van der Waals surface area (Å²) in [5, 5.41) is 2.59. The third kappa shape index (κ3) is 4.44. The molecule has 0 saturated carbocycles. The molecule has 2 N–H and O–H groups in total. The second-order valence-electron chi connectivity index (χ2n) is 8.02. The maximum atomic E-state index is 12.1. The van der Waals surface area contributed by atoms with Gasteiger partial charge in [0.15, 0.2) is 0 Å². The van der Waals surface area contributed by atoms with Crippen molar-refractivity contribution in [3.05, 3.63) is 63.8 Å². The number of likely N-dealkylation sites (tertiary alicyclic amines) is 1. The van der Waals surface area contributed by atoms with Crippen LogP contribution in [-0.4, -0.2) is 59.0 Å². The van der Waals surface area contributed by atoms with Gasteiger partial charge in [0.2, 0.25) is 0 Å². The van der Waals surface area contributed by atoms with E-state index in [0.29, 0.717) is 18.2 Å². The summed E-state index contributed by atoms with van der Waals surface area (Å²) in [7, 11) is 3.67. The number of rotatable bonds is 6. The van der Waals surface area contributed by atoms with E-state index in [1.54, 1.807) is 19.3 Å². The number of hydrogen-bond acceptors (Lipinski definition) is 6. The number of anilines is 1. The van der Waals surface area contributed by atoms with E-state index in [9.17, 15) is 9.59 Å².